The van der Waals surface area contributed by atoms with E-state index in [1.54, 1.807) is 0 Å². The Balaban J connectivity index is 0.950. The van der Waals surface area contributed by atoms with E-state index in [4.69, 9.17) is 9.97 Å². The number of hydrogen-bond donors (Lipinski definition) is 0. The lowest BCUT2D eigenvalue weighted by Gasteiger charge is -2.22. The minimum absolute atomic E-state index is 0.0801. The van der Waals surface area contributed by atoms with Crippen LogP contribution in [0.2, 0.25) is 0 Å². The molecule has 3 heteroatoms. The van der Waals surface area contributed by atoms with Crippen molar-refractivity contribution in [2.45, 2.75) is 19.3 Å². The van der Waals surface area contributed by atoms with Gasteiger partial charge in [-0.2, -0.15) is 0 Å². The zero-order valence-electron chi connectivity index (χ0n) is 33.3. The summed E-state index contributed by atoms with van der Waals surface area (Å²) in [4.78, 5) is 10.5. The average molecular weight is 783 g/mol. The molecule has 0 unspecified atom stereocenters. The first kappa shape index (κ1) is 34.8. The van der Waals surface area contributed by atoms with Crippen LogP contribution in [-0.2, 0) is 5.41 Å². The van der Waals surface area contributed by atoms with Crippen molar-refractivity contribution in [2.75, 3.05) is 0 Å². The fourth-order valence-electron chi connectivity index (χ4n) is 9.73. The summed E-state index contributed by atoms with van der Waals surface area (Å²) in [6.45, 7) is 4.73. The number of aromatic nitrogens is 2. The van der Waals surface area contributed by atoms with Gasteiger partial charge in [0.1, 0.15) is 0 Å². The molecular formula is C57H38N2S. The minimum atomic E-state index is -0.0801. The van der Waals surface area contributed by atoms with E-state index in [-0.39, 0.29) is 5.41 Å². The van der Waals surface area contributed by atoms with Crippen LogP contribution in [0.1, 0.15) is 25.0 Å². The molecule has 0 atom stereocenters. The molecule has 0 N–H and O–H groups in total. The molecule has 12 rings (SSSR count). The summed E-state index contributed by atoms with van der Waals surface area (Å²) in [5.41, 5.74) is 15.3. The molecule has 0 aliphatic heterocycles. The van der Waals surface area contributed by atoms with E-state index < -0.39 is 0 Å². The Bertz CT molecular complexity index is 3500. The second-order valence-electron chi connectivity index (χ2n) is 16.5. The molecule has 1 aliphatic carbocycles. The first-order chi connectivity index (χ1) is 29.5. The van der Waals surface area contributed by atoms with Crippen molar-refractivity contribution in [2.24, 2.45) is 0 Å². The smallest absolute Gasteiger partial charge is 0.160 e. The molecular weight excluding hydrogens is 745 g/mol. The van der Waals surface area contributed by atoms with E-state index in [2.05, 4.69) is 202 Å². The van der Waals surface area contributed by atoms with Crippen LogP contribution in [0.25, 0.3) is 109 Å². The molecule has 0 saturated heterocycles. The topological polar surface area (TPSA) is 25.8 Å². The Morgan fingerprint density at radius 1 is 0.383 bits per heavy atom. The van der Waals surface area contributed by atoms with Gasteiger partial charge in [0.05, 0.1) is 11.4 Å². The molecule has 0 spiro atoms. The fourth-order valence-corrected chi connectivity index (χ4v) is 10.9. The molecule has 0 radical (unpaired) electrons. The van der Waals surface area contributed by atoms with Crippen LogP contribution in [0.5, 0.6) is 0 Å². The van der Waals surface area contributed by atoms with Crippen LogP contribution >= 0.6 is 11.3 Å². The Hall–Kier alpha value is -7.20. The average Bonchev–Trinajstić information content (AvgIpc) is 3.80. The maximum absolute atomic E-state index is 5.28. The number of fused-ring (bicyclic) bond motifs is 9. The standard InChI is InChI=1S/C57H38N2S/c1-57(2)48-32-28-36-13-6-7-16-41(36)54(48)45-29-27-39(33-49(45)57)35-23-25-37(26-24-35)40-30-31-44(43-18-9-8-17-42(40)43)50-34-51(59-56(58-50)38-14-4-3-5-15-38)46-20-12-22-53-55(46)47-19-10-11-21-52(47)60-53/h3-34H,1-2H3. The van der Waals surface area contributed by atoms with Crippen LogP contribution in [0.3, 0.4) is 0 Å². The molecule has 0 fully saturated rings. The first-order valence-corrected chi connectivity index (χ1v) is 21.5. The quantitative estimate of drug-likeness (QED) is 0.174. The Kier molecular flexibility index (Phi) is 7.79. The lowest BCUT2D eigenvalue weighted by molar-refractivity contribution is 0.661. The lowest BCUT2D eigenvalue weighted by atomic mass is 9.81. The summed E-state index contributed by atoms with van der Waals surface area (Å²) >= 11 is 1.83. The normalized spacial score (nSPS) is 13.0. The van der Waals surface area contributed by atoms with Crippen LogP contribution in [0.15, 0.2) is 194 Å². The van der Waals surface area contributed by atoms with Gasteiger partial charge in [0.25, 0.3) is 0 Å². The zero-order valence-corrected chi connectivity index (χ0v) is 34.1. The number of rotatable bonds is 5. The van der Waals surface area contributed by atoms with Gasteiger partial charge >= 0.3 is 0 Å². The van der Waals surface area contributed by atoms with Gasteiger partial charge in [0.2, 0.25) is 0 Å². The molecule has 2 heterocycles. The number of benzene rings is 9. The molecule has 2 aromatic heterocycles. The van der Waals surface area contributed by atoms with Gasteiger partial charge < -0.3 is 0 Å². The number of nitrogens with zero attached hydrogens (tertiary/aromatic N) is 2. The van der Waals surface area contributed by atoms with Crippen molar-refractivity contribution in [1.82, 2.24) is 9.97 Å². The largest absolute Gasteiger partial charge is 0.228 e. The minimum Gasteiger partial charge on any atom is -0.228 e. The van der Waals surface area contributed by atoms with Crippen LogP contribution in [0.4, 0.5) is 0 Å². The van der Waals surface area contributed by atoms with Crippen molar-refractivity contribution in [3.8, 4) is 67.3 Å². The molecule has 2 nitrogen and oxygen atoms in total. The third-order valence-corrected chi connectivity index (χ3v) is 13.9. The van der Waals surface area contributed by atoms with Crippen LogP contribution in [0, 0.1) is 0 Å². The van der Waals surface area contributed by atoms with Crippen LogP contribution < -0.4 is 0 Å². The van der Waals surface area contributed by atoms with Gasteiger partial charge in [-0.05, 0) is 90.3 Å². The van der Waals surface area contributed by atoms with E-state index in [0.29, 0.717) is 0 Å². The Morgan fingerprint density at radius 2 is 1.00 bits per heavy atom. The van der Waals surface area contributed by atoms with E-state index in [9.17, 15) is 0 Å². The van der Waals surface area contributed by atoms with E-state index >= 15 is 0 Å². The molecule has 0 saturated carbocycles. The number of thiophene rings is 1. The molecule has 1 aliphatic rings. The van der Waals surface area contributed by atoms with Crippen molar-refractivity contribution in [3.63, 3.8) is 0 Å². The summed E-state index contributed by atoms with van der Waals surface area (Å²) in [7, 11) is 0. The van der Waals surface area contributed by atoms with Crippen molar-refractivity contribution in [3.05, 3.63) is 205 Å². The highest BCUT2D eigenvalue weighted by atomic mass is 32.1. The summed E-state index contributed by atoms with van der Waals surface area (Å²) in [5.74, 6) is 0.718. The van der Waals surface area contributed by atoms with Crippen LogP contribution in [-0.4, -0.2) is 9.97 Å². The SMILES string of the molecule is CC1(C)c2cc(-c3ccc(-c4ccc(-c5cc(-c6cccc7sc8ccccc8c67)nc(-c6ccccc6)n5)c5ccccc45)cc3)ccc2-c2c1ccc1ccccc21. The molecule has 282 valence electrons. The van der Waals surface area contributed by atoms with Gasteiger partial charge in [-0.15, -0.1) is 11.3 Å². The fraction of sp³-hybridized carbons (Fsp3) is 0.0526. The Morgan fingerprint density at radius 3 is 1.82 bits per heavy atom. The highest BCUT2D eigenvalue weighted by Gasteiger charge is 2.36. The van der Waals surface area contributed by atoms with Crippen molar-refractivity contribution < 1.29 is 0 Å². The predicted octanol–water partition coefficient (Wildman–Crippen LogP) is 15.8. The van der Waals surface area contributed by atoms with E-state index in [1.165, 1.54) is 80.8 Å². The maximum Gasteiger partial charge on any atom is 0.160 e. The Labute approximate surface area is 353 Å². The van der Waals surface area contributed by atoms with Crippen molar-refractivity contribution in [1.29, 1.82) is 0 Å². The lowest BCUT2D eigenvalue weighted by Crippen LogP contribution is -2.15. The second kappa shape index (κ2) is 13.4. The van der Waals surface area contributed by atoms with Gasteiger partial charge in [-0.1, -0.05) is 184 Å². The molecule has 9 aromatic carbocycles. The predicted molar refractivity (Wildman–Crippen MR) is 255 cm³/mol. The van der Waals surface area contributed by atoms with Gasteiger partial charge in [0.15, 0.2) is 5.82 Å². The van der Waals surface area contributed by atoms with Crippen molar-refractivity contribution >= 4 is 53.1 Å². The second-order valence-corrected chi connectivity index (χ2v) is 17.6. The summed E-state index contributed by atoms with van der Waals surface area (Å²) in [6, 6.07) is 70.6. The molecule has 0 bridgehead atoms. The highest BCUT2D eigenvalue weighted by molar-refractivity contribution is 7.25. The summed E-state index contributed by atoms with van der Waals surface area (Å²) in [6.07, 6.45) is 0. The molecule has 11 aromatic rings. The third kappa shape index (κ3) is 5.40. The first-order valence-electron chi connectivity index (χ1n) is 20.6. The zero-order chi connectivity index (χ0) is 40.0. The summed E-state index contributed by atoms with van der Waals surface area (Å²) < 4.78 is 2.54. The highest BCUT2D eigenvalue weighted by Crippen LogP contribution is 2.52. The molecule has 60 heavy (non-hydrogen) atoms. The van der Waals surface area contributed by atoms with E-state index in [1.807, 2.05) is 17.4 Å². The monoisotopic (exact) mass is 782 g/mol. The van der Waals surface area contributed by atoms with E-state index in [0.717, 1.165) is 39.3 Å². The van der Waals surface area contributed by atoms with Gasteiger partial charge in [-0.3, -0.25) is 0 Å². The third-order valence-electron chi connectivity index (χ3n) is 12.7. The van der Waals surface area contributed by atoms with Gasteiger partial charge in [0, 0.05) is 42.3 Å². The number of hydrogen-bond acceptors (Lipinski definition) is 3. The van der Waals surface area contributed by atoms with Gasteiger partial charge in [-0.25, -0.2) is 9.97 Å². The summed E-state index contributed by atoms with van der Waals surface area (Å²) in [5, 5.41) is 7.48. The molecule has 0 amide bonds. The maximum atomic E-state index is 5.28.